The van der Waals surface area contributed by atoms with Crippen molar-refractivity contribution < 1.29 is 18.0 Å². The number of hydrogen-bond donors (Lipinski definition) is 1. The summed E-state index contributed by atoms with van der Waals surface area (Å²) in [7, 11) is 0. The second-order valence-corrected chi connectivity index (χ2v) is 6.16. The van der Waals surface area contributed by atoms with E-state index < -0.39 is 11.7 Å². The van der Waals surface area contributed by atoms with Crippen molar-refractivity contribution in [2.24, 2.45) is 0 Å². The van der Waals surface area contributed by atoms with E-state index in [1.807, 2.05) is 24.0 Å². The Balaban J connectivity index is 1.59. The quantitative estimate of drug-likeness (QED) is 0.885. The Labute approximate surface area is 155 Å². The third-order valence-electron chi connectivity index (χ3n) is 4.36. The van der Waals surface area contributed by atoms with Crippen LogP contribution in [-0.2, 0) is 6.18 Å². The molecule has 0 radical (unpaired) electrons. The second-order valence-electron chi connectivity index (χ2n) is 6.16. The Morgan fingerprint density at radius 1 is 1.04 bits per heavy atom. The average molecular weight is 379 g/mol. The van der Waals surface area contributed by atoms with Gasteiger partial charge in [-0.3, -0.25) is 4.79 Å². The number of nitrogens with zero attached hydrogens (tertiary/aromatic N) is 4. The van der Waals surface area contributed by atoms with E-state index in [0.717, 1.165) is 24.5 Å². The van der Waals surface area contributed by atoms with E-state index >= 15 is 0 Å². The van der Waals surface area contributed by atoms with Gasteiger partial charge in [-0.05, 0) is 43.3 Å². The van der Waals surface area contributed by atoms with Crippen molar-refractivity contribution in [2.45, 2.75) is 13.1 Å². The van der Waals surface area contributed by atoms with Gasteiger partial charge < -0.3 is 15.1 Å². The summed E-state index contributed by atoms with van der Waals surface area (Å²) >= 11 is 0. The van der Waals surface area contributed by atoms with Crippen molar-refractivity contribution >= 4 is 17.5 Å². The second kappa shape index (κ2) is 7.81. The minimum atomic E-state index is -4.41. The Bertz CT molecular complexity index is 769. The number of nitrogens with one attached hydrogen (secondary N) is 1. The van der Waals surface area contributed by atoms with E-state index in [4.69, 9.17) is 0 Å². The van der Waals surface area contributed by atoms with Gasteiger partial charge in [0.2, 0.25) is 0 Å². The van der Waals surface area contributed by atoms with Crippen LogP contribution in [0.25, 0.3) is 0 Å². The molecule has 2 aromatic rings. The van der Waals surface area contributed by atoms with E-state index in [-0.39, 0.29) is 11.5 Å². The first kappa shape index (κ1) is 18.9. The topological polar surface area (TPSA) is 61.4 Å². The summed E-state index contributed by atoms with van der Waals surface area (Å²) in [6.07, 6.45) is -4.41. The third-order valence-corrected chi connectivity index (χ3v) is 4.36. The Hall–Kier alpha value is -2.84. The van der Waals surface area contributed by atoms with Crippen LogP contribution in [0.5, 0.6) is 0 Å². The molecule has 1 N–H and O–H groups in total. The van der Waals surface area contributed by atoms with Crippen LogP contribution in [-0.4, -0.2) is 53.7 Å². The van der Waals surface area contributed by atoms with Crippen molar-refractivity contribution in [1.29, 1.82) is 0 Å². The average Bonchev–Trinajstić information content (AvgIpc) is 2.68. The summed E-state index contributed by atoms with van der Waals surface area (Å²) in [6.45, 7) is 4.84. The first-order valence-electron chi connectivity index (χ1n) is 8.67. The van der Waals surface area contributed by atoms with Crippen LogP contribution in [0.3, 0.4) is 0 Å². The summed E-state index contributed by atoms with van der Waals surface area (Å²) in [5.74, 6) is 1.17. The third kappa shape index (κ3) is 4.47. The molecule has 9 heteroatoms. The summed E-state index contributed by atoms with van der Waals surface area (Å²) in [5, 5.41) is 11.4. The summed E-state index contributed by atoms with van der Waals surface area (Å²) in [5.41, 5.74) is -0.505. The number of carbonyl (C=O) groups is 1. The molecular weight excluding hydrogens is 359 g/mol. The lowest BCUT2D eigenvalue weighted by molar-refractivity contribution is -0.137. The normalized spacial score (nSPS) is 15.0. The van der Waals surface area contributed by atoms with Gasteiger partial charge in [0.1, 0.15) is 5.82 Å². The van der Waals surface area contributed by atoms with Gasteiger partial charge in [-0.1, -0.05) is 0 Å². The molecule has 3 rings (SSSR count). The molecule has 0 unspecified atom stereocenters. The van der Waals surface area contributed by atoms with Crippen molar-refractivity contribution in [3.05, 3.63) is 47.5 Å². The van der Waals surface area contributed by atoms with Crippen LogP contribution in [0.2, 0.25) is 0 Å². The number of halogens is 3. The molecular formula is C18H20F3N5O. The number of rotatable bonds is 4. The lowest BCUT2D eigenvalue weighted by Crippen LogP contribution is -2.49. The van der Waals surface area contributed by atoms with Gasteiger partial charge in [0.05, 0.1) is 5.56 Å². The fourth-order valence-electron chi connectivity index (χ4n) is 2.89. The lowest BCUT2D eigenvalue weighted by Gasteiger charge is -2.35. The number of hydrogen-bond acceptors (Lipinski definition) is 5. The number of alkyl halides is 3. The maximum Gasteiger partial charge on any atom is 0.416 e. The Morgan fingerprint density at radius 2 is 1.70 bits per heavy atom. The van der Waals surface area contributed by atoms with Gasteiger partial charge >= 0.3 is 6.18 Å². The first-order valence-corrected chi connectivity index (χ1v) is 8.67. The monoisotopic (exact) mass is 379 g/mol. The molecule has 0 atom stereocenters. The molecule has 1 aromatic heterocycles. The zero-order chi connectivity index (χ0) is 19.4. The molecule has 2 heterocycles. The molecule has 1 amide bonds. The SMILES string of the molecule is CCNc1ccc(N2CCN(C(=O)c3ccc(C(F)(F)F)cc3)CC2)nn1. The fraction of sp³-hybridized carbons (Fsp3) is 0.389. The molecule has 27 heavy (non-hydrogen) atoms. The molecule has 1 aromatic carbocycles. The predicted molar refractivity (Wildman–Crippen MR) is 95.8 cm³/mol. The van der Waals surface area contributed by atoms with E-state index in [2.05, 4.69) is 15.5 Å². The predicted octanol–water partition coefficient (Wildman–Crippen LogP) is 2.89. The van der Waals surface area contributed by atoms with E-state index in [0.29, 0.717) is 32.0 Å². The zero-order valence-electron chi connectivity index (χ0n) is 14.8. The summed E-state index contributed by atoms with van der Waals surface area (Å²) in [4.78, 5) is 16.2. The summed E-state index contributed by atoms with van der Waals surface area (Å²) in [6, 6.07) is 8.05. The maximum absolute atomic E-state index is 12.6. The van der Waals surface area contributed by atoms with Crippen LogP contribution < -0.4 is 10.2 Å². The Kier molecular flexibility index (Phi) is 5.48. The van der Waals surface area contributed by atoms with Crippen LogP contribution in [0.1, 0.15) is 22.8 Å². The highest BCUT2D eigenvalue weighted by atomic mass is 19.4. The molecule has 0 aliphatic carbocycles. The number of aromatic nitrogens is 2. The molecule has 0 bridgehead atoms. The van der Waals surface area contributed by atoms with Crippen molar-refractivity contribution in [3.8, 4) is 0 Å². The van der Waals surface area contributed by atoms with E-state index in [9.17, 15) is 18.0 Å². The minimum Gasteiger partial charge on any atom is -0.369 e. The molecule has 144 valence electrons. The zero-order valence-corrected chi connectivity index (χ0v) is 14.8. The number of carbonyl (C=O) groups excluding carboxylic acids is 1. The van der Waals surface area contributed by atoms with Crippen LogP contribution >= 0.6 is 0 Å². The highest BCUT2D eigenvalue weighted by Crippen LogP contribution is 2.29. The summed E-state index contributed by atoms with van der Waals surface area (Å²) < 4.78 is 37.9. The van der Waals surface area contributed by atoms with Crippen molar-refractivity contribution in [2.75, 3.05) is 42.9 Å². The van der Waals surface area contributed by atoms with Crippen molar-refractivity contribution in [3.63, 3.8) is 0 Å². The first-order chi connectivity index (χ1) is 12.9. The standard InChI is InChI=1S/C18H20F3N5O/c1-2-22-15-7-8-16(24-23-15)25-9-11-26(12-10-25)17(27)13-3-5-14(6-4-13)18(19,20)21/h3-8H,2,9-12H2,1H3,(H,22,23). The fourth-order valence-corrected chi connectivity index (χ4v) is 2.89. The molecule has 0 saturated carbocycles. The van der Waals surface area contributed by atoms with Gasteiger partial charge in [-0.15, -0.1) is 10.2 Å². The molecule has 0 spiro atoms. The van der Waals surface area contributed by atoms with Gasteiger partial charge in [-0.2, -0.15) is 13.2 Å². The van der Waals surface area contributed by atoms with Gasteiger partial charge in [0.15, 0.2) is 5.82 Å². The van der Waals surface area contributed by atoms with Crippen LogP contribution in [0, 0.1) is 0 Å². The Morgan fingerprint density at radius 3 is 2.22 bits per heavy atom. The van der Waals surface area contributed by atoms with Crippen LogP contribution in [0.15, 0.2) is 36.4 Å². The number of anilines is 2. The number of piperazine rings is 1. The number of amides is 1. The molecule has 1 aliphatic rings. The van der Waals surface area contributed by atoms with E-state index in [1.54, 1.807) is 4.90 Å². The highest BCUT2D eigenvalue weighted by molar-refractivity contribution is 5.94. The van der Waals surface area contributed by atoms with Gasteiger partial charge in [-0.25, -0.2) is 0 Å². The lowest BCUT2D eigenvalue weighted by atomic mass is 10.1. The molecule has 1 aliphatic heterocycles. The molecule has 1 saturated heterocycles. The smallest absolute Gasteiger partial charge is 0.369 e. The van der Waals surface area contributed by atoms with E-state index in [1.165, 1.54) is 12.1 Å². The highest BCUT2D eigenvalue weighted by Gasteiger charge is 2.30. The van der Waals surface area contributed by atoms with Crippen LogP contribution in [0.4, 0.5) is 24.8 Å². The van der Waals surface area contributed by atoms with Crippen molar-refractivity contribution in [1.82, 2.24) is 15.1 Å². The largest absolute Gasteiger partial charge is 0.416 e. The molecule has 1 fully saturated rings. The minimum absolute atomic E-state index is 0.256. The maximum atomic E-state index is 12.6. The van der Waals surface area contributed by atoms with Gasteiger partial charge in [0, 0.05) is 38.3 Å². The van der Waals surface area contributed by atoms with Gasteiger partial charge in [0.25, 0.3) is 5.91 Å². The number of benzene rings is 1. The molecule has 6 nitrogen and oxygen atoms in total.